The number of rotatable bonds is 5. The van der Waals surface area contributed by atoms with Crippen LogP contribution in [0.2, 0.25) is 0 Å². The molecule has 1 aromatic heterocycles. The van der Waals surface area contributed by atoms with Gasteiger partial charge in [0.15, 0.2) is 6.61 Å². The van der Waals surface area contributed by atoms with Gasteiger partial charge < -0.3 is 14.5 Å². The molecule has 1 fully saturated rings. The van der Waals surface area contributed by atoms with Gasteiger partial charge in [-0.05, 0) is 43.2 Å². The summed E-state index contributed by atoms with van der Waals surface area (Å²) in [7, 11) is 0. The third-order valence-electron chi connectivity index (χ3n) is 5.04. The Morgan fingerprint density at radius 2 is 1.83 bits per heavy atom. The molecule has 0 bridgehead atoms. The molecule has 0 radical (unpaired) electrons. The number of ether oxygens (including phenoxy) is 1. The number of halogens is 3. The number of anilines is 1. The lowest BCUT2D eigenvalue weighted by atomic mass is 10.1. The fraction of sp³-hybridized carbons (Fsp3) is 0.429. The van der Waals surface area contributed by atoms with Crippen molar-refractivity contribution in [1.29, 1.82) is 0 Å². The predicted octanol–water partition coefficient (Wildman–Crippen LogP) is 4.14. The highest BCUT2D eigenvalue weighted by Gasteiger charge is 2.31. The van der Waals surface area contributed by atoms with E-state index in [9.17, 15) is 22.8 Å². The predicted molar refractivity (Wildman–Crippen MR) is 109 cm³/mol. The monoisotopic (exact) mass is 440 g/mol. The van der Waals surface area contributed by atoms with Crippen molar-refractivity contribution in [1.82, 2.24) is 4.90 Å². The van der Waals surface area contributed by atoms with E-state index in [0.29, 0.717) is 36.7 Å². The second-order valence-corrected chi connectivity index (χ2v) is 8.20. The van der Waals surface area contributed by atoms with Crippen LogP contribution in [0.3, 0.4) is 0 Å². The summed E-state index contributed by atoms with van der Waals surface area (Å²) < 4.78 is 43.9. The van der Waals surface area contributed by atoms with Crippen LogP contribution >= 0.6 is 11.3 Å². The molecule has 2 aromatic rings. The zero-order valence-electron chi connectivity index (χ0n) is 16.8. The van der Waals surface area contributed by atoms with Crippen LogP contribution in [-0.4, -0.2) is 49.6 Å². The first-order valence-corrected chi connectivity index (χ1v) is 10.5. The molecule has 1 aromatic carbocycles. The molecular weight excluding hydrogens is 417 g/mol. The fourth-order valence-corrected chi connectivity index (χ4v) is 4.36. The third-order valence-corrected chi connectivity index (χ3v) is 6.40. The number of hydrogen-bond donors (Lipinski definition) is 0. The number of piperazine rings is 1. The maximum atomic E-state index is 12.9. The summed E-state index contributed by atoms with van der Waals surface area (Å²) in [6, 6.07) is 6.93. The Morgan fingerprint density at radius 3 is 2.43 bits per heavy atom. The first-order valence-electron chi connectivity index (χ1n) is 9.65. The van der Waals surface area contributed by atoms with Crippen molar-refractivity contribution < 1.29 is 27.5 Å². The molecule has 0 unspecified atom stereocenters. The SMILES string of the molecule is CCc1sc(C(=O)OCC(=O)N2CCN(c3cccc(C(F)(F)F)c3)CC2)cc1C. The zero-order chi connectivity index (χ0) is 21.9. The lowest BCUT2D eigenvalue weighted by Gasteiger charge is -2.36. The van der Waals surface area contributed by atoms with Crippen LogP contribution in [-0.2, 0) is 22.1 Å². The minimum atomic E-state index is -4.39. The van der Waals surface area contributed by atoms with E-state index in [0.717, 1.165) is 29.0 Å². The van der Waals surface area contributed by atoms with Gasteiger partial charge in [-0.2, -0.15) is 13.2 Å². The van der Waals surface area contributed by atoms with E-state index < -0.39 is 17.7 Å². The smallest absolute Gasteiger partial charge is 0.416 e. The number of esters is 1. The van der Waals surface area contributed by atoms with Crippen LogP contribution in [0.4, 0.5) is 18.9 Å². The Hall–Kier alpha value is -2.55. The first-order chi connectivity index (χ1) is 14.2. The molecule has 0 saturated carbocycles. The Balaban J connectivity index is 1.51. The van der Waals surface area contributed by atoms with Gasteiger partial charge in [0, 0.05) is 36.7 Å². The highest BCUT2D eigenvalue weighted by atomic mass is 32.1. The zero-order valence-corrected chi connectivity index (χ0v) is 17.6. The van der Waals surface area contributed by atoms with Crippen LogP contribution < -0.4 is 4.90 Å². The summed E-state index contributed by atoms with van der Waals surface area (Å²) in [6.45, 7) is 5.11. The summed E-state index contributed by atoms with van der Waals surface area (Å²) in [5.74, 6) is -0.824. The lowest BCUT2D eigenvalue weighted by molar-refractivity contribution is -0.137. The fourth-order valence-electron chi connectivity index (χ4n) is 3.35. The summed E-state index contributed by atoms with van der Waals surface area (Å²) in [6.07, 6.45) is -3.56. The molecule has 0 N–H and O–H groups in total. The van der Waals surface area contributed by atoms with Crippen LogP contribution in [0.25, 0.3) is 0 Å². The van der Waals surface area contributed by atoms with Crippen molar-refractivity contribution in [3.8, 4) is 0 Å². The molecule has 0 aliphatic carbocycles. The largest absolute Gasteiger partial charge is 0.451 e. The Bertz CT molecular complexity index is 918. The Morgan fingerprint density at radius 1 is 1.13 bits per heavy atom. The average Bonchev–Trinajstić information content (AvgIpc) is 3.12. The maximum Gasteiger partial charge on any atom is 0.416 e. The first kappa shape index (κ1) is 22.1. The van der Waals surface area contributed by atoms with Gasteiger partial charge in [0.25, 0.3) is 5.91 Å². The molecule has 1 aliphatic heterocycles. The maximum absolute atomic E-state index is 12.9. The Kier molecular flexibility index (Phi) is 6.70. The minimum absolute atomic E-state index is 0.309. The number of hydrogen-bond acceptors (Lipinski definition) is 5. The standard InChI is InChI=1S/C21H23F3N2O3S/c1-3-17-14(2)11-18(30-17)20(28)29-13-19(27)26-9-7-25(8-10-26)16-6-4-5-15(12-16)21(22,23)24/h4-6,11-12H,3,7-10,13H2,1-2H3. The minimum Gasteiger partial charge on any atom is -0.451 e. The van der Waals surface area contributed by atoms with E-state index in [4.69, 9.17) is 4.74 Å². The molecule has 0 spiro atoms. The van der Waals surface area contributed by atoms with Crippen LogP contribution in [0.5, 0.6) is 0 Å². The highest BCUT2D eigenvalue weighted by molar-refractivity contribution is 7.14. The molecule has 1 saturated heterocycles. The molecular formula is C21H23F3N2O3S. The number of benzene rings is 1. The van der Waals surface area contributed by atoms with Gasteiger partial charge in [0.05, 0.1) is 5.56 Å². The summed E-state index contributed by atoms with van der Waals surface area (Å²) >= 11 is 1.37. The van der Waals surface area contributed by atoms with Gasteiger partial charge >= 0.3 is 12.1 Å². The number of thiophene rings is 1. The second kappa shape index (κ2) is 9.07. The van der Waals surface area contributed by atoms with E-state index in [1.165, 1.54) is 17.4 Å². The van der Waals surface area contributed by atoms with Gasteiger partial charge in [-0.25, -0.2) is 4.79 Å². The lowest BCUT2D eigenvalue weighted by Crippen LogP contribution is -2.50. The molecule has 30 heavy (non-hydrogen) atoms. The van der Waals surface area contributed by atoms with Gasteiger partial charge in [-0.1, -0.05) is 13.0 Å². The number of carbonyl (C=O) groups excluding carboxylic acids is 2. The Labute approximate surface area is 177 Å². The van der Waals surface area contributed by atoms with Gasteiger partial charge in [-0.15, -0.1) is 11.3 Å². The van der Waals surface area contributed by atoms with Crippen molar-refractivity contribution in [3.05, 3.63) is 51.2 Å². The van der Waals surface area contributed by atoms with E-state index in [-0.39, 0.29) is 12.5 Å². The highest BCUT2D eigenvalue weighted by Crippen LogP contribution is 2.32. The number of alkyl halides is 3. The van der Waals surface area contributed by atoms with Crippen LogP contribution in [0.1, 0.15) is 32.6 Å². The van der Waals surface area contributed by atoms with Crippen molar-refractivity contribution in [2.24, 2.45) is 0 Å². The van der Waals surface area contributed by atoms with Crippen molar-refractivity contribution in [2.45, 2.75) is 26.4 Å². The molecule has 5 nitrogen and oxygen atoms in total. The number of carbonyl (C=O) groups is 2. The summed E-state index contributed by atoms with van der Waals surface area (Å²) in [5, 5.41) is 0. The van der Waals surface area contributed by atoms with E-state index in [2.05, 4.69) is 0 Å². The number of aryl methyl sites for hydroxylation is 2. The molecule has 0 atom stereocenters. The average molecular weight is 440 g/mol. The third kappa shape index (κ3) is 5.13. The van der Waals surface area contributed by atoms with Crippen molar-refractivity contribution >= 4 is 28.9 Å². The normalized spacial score (nSPS) is 14.7. The van der Waals surface area contributed by atoms with Crippen molar-refractivity contribution in [2.75, 3.05) is 37.7 Å². The molecule has 162 valence electrons. The topological polar surface area (TPSA) is 49.9 Å². The quantitative estimate of drug-likeness (QED) is 0.656. The summed E-state index contributed by atoms with van der Waals surface area (Å²) in [5.41, 5.74) is 0.815. The molecule has 1 aliphatic rings. The van der Waals surface area contributed by atoms with Crippen molar-refractivity contribution in [3.63, 3.8) is 0 Å². The van der Waals surface area contributed by atoms with Gasteiger partial charge in [-0.3, -0.25) is 4.79 Å². The van der Waals surface area contributed by atoms with Crippen LogP contribution in [0, 0.1) is 6.92 Å². The summed E-state index contributed by atoms with van der Waals surface area (Å²) in [4.78, 5) is 29.5. The molecule has 3 rings (SSSR count). The molecule has 1 amide bonds. The van der Waals surface area contributed by atoms with E-state index in [1.54, 1.807) is 17.0 Å². The second-order valence-electron chi connectivity index (χ2n) is 7.06. The number of nitrogens with zero attached hydrogens (tertiary/aromatic N) is 2. The van der Waals surface area contributed by atoms with E-state index >= 15 is 0 Å². The van der Waals surface area contributed by atoms with Gasteiger partial charge in [0.1, 0.15) is 4.88 Å². The molecule has 9 heteroatoms. The molecule has 2 heterocycles. The van der Waals surface area contributed by atoms with E-state index in [1.807, 2.05) is 18.7 Å². The van der Waals surface area contributed by atoms with Crippen LogP contribution in [0.15, 0.2) is 30.3 Å². The number of amides is 1. The van der Waals surface area contributed by atoms with Gasteiger partial charge in [0.2, 0.25) is 0 Å².